The number of fused-ring (bicyclic) bond motifs is 1. The molecule has 3 aromatic rings. The van der Waals surface area contributed by atoms with Gasteiger partial charge in [-0.05, 0) is 35.9 Å². The van der Waals surface area contributed by atoms with Crippen molar-refractivity contribution in [2.75, 3.05) is 7.05 Å². The van der Waals surface area contributed by atoms with Crippen LogP contribution in [0, 0.1) is 5.92 Å². The minimum Gasteiger partial charge on any atom is -0.289 e. The molecule has 0 saturated carbocycles. The fraction of sp³-hybridized carbons (Fsp3) is 0.250. The van der Waals surface area contributed by atoms with Crippen LogP contribution < -0.4 is 0 Å². The van der Waals surface area contributed by atoms with Crippen LogP contribution in [-0.4, -0.2) is 38.2 Å². The van der Waals surface area contributed by atoms with Crippen molar-refractivity contribution < 1.29 is 4.79 Å². The Hall–Kier alpha value is -2.58. The topological polar surface area (TPSA) is 71.3 Å². The summed E-state index contributed by atoms with van der Waals surface area (Å²) in [5, 5.41) is 11.5. The largest absolute Gasteiger partial charge is 0.289 e. The lowest BCUT2D eigenvalue weighted by molar-refractivity contribution is -0.121. The van der Waals surface area contributed by atoms with Crippen LogP contribution in [0.25, 0.3) is 17.0 Å². The number of benzene rings is 1. The second kappa shape index (κ2) is 7.81. The molecule has 28 heavy (non-hydrogen) atoms. The SMILES string of the molecule is CC(C)Cc1nnc(/N=C2/S/C(=C\c3ccc4ccccc4n3)C(=O)N2C)s1. The maximum Gasteiger partial charge on any atom is 0.266 e. The minimum absolute atomic E-state index is 0.0920. The Morgan fingerprint density at radius 3 is 2.82 bits per heavy atom. The number of pyridine rings is 1. The second-order valence-corrected chi connectivity index (χ2v) is 8.92. The van der Waals surface area contributed by atoms with Gasteiger partial charge >= 0.3 is 0 Å². The van der Waals surface area contributed by atoms with Crippen molar-refractivity contribution in [2.45, 2.75) is 20.3 Å². The molecule has 1 aromatic carbocycles. The number of hydrogen-bond donors (Lipinski definition) is 0. The lowest BCUT2D eigenvalue weighted by atomic mass is 10.1. The van der Waals surface area contributed by atoms with Crippen LogP contribution in [-0.2, 0) is 11.2 Å². The summed E-state index contributed by atoms with van der Waals surface area (Å²) in [5.41, 5.74) is 1.65. The van der Waals surface area contributed by atoms with Gasteiger partial charge in [0.25, 0.3) is 5.91 Å². The third-order valence-corrected chi connectivity index (χ3v) is 6.03. The molecule has 1 saturated heterocycles. The highest BCUT2D eigenvalue weighted by Gasteiger charge is 2.31. The molecule has 142 valence electrons. The lowest BCUT2D eigenvalue weighted by Gasteiger charge is -2.05. The molecule has 1 aliphatic rings. The van der Waals surface area contributed by atoms with Crippen LogP contribution >= 0.6 is 23.1 Å². The molecule has 4 rings (SSSR count). The van der Waals surface area contributed by atoms with E-state index in [1.807, 2.05) is 42.5 Å². The van der Waals surface area contributed by atoms with Crippen molar-refractivity contribution in [1.82, 2.24) is 20.1 Å². The van der Waals surface area contributed by atoms with Gasteiger partial charge in [0, 0.05) is 18.9 Å². The number of likely N-dealkylation sites (N-methyl/N-ethyl adjacent to an activating group) is 1. The quantitative estimate of drug-likeness (QED) is 0.593. The van der Waals surface area contributed by atoms with Gasteiger partial charge in [0.05, 0.1) is 16.1 Å². The van der Waals surface area contributed by atoms with E-state index in [4.69, 9.17) is 0 Å². The lowest BCUT2D eigenvalue weighted by Crippen LogP contribution is -2.23. The van der Waals surface area contributed by atoms with Crippen LogP contribution in [0.4, 0.5) is 5.13 Å². The van der Waals surface area contributed by atoms with Crippen LogP contribution in [0.1, 0.15) is 24.5 Å². The number of hydrogen-bond acceptors (Lipinski definition) is 7. The Bertz CT molecular complexity index is 1100. The monoisotopic (exact) mass is 409 g/mol. The smallest absolute Gasteiger partial charge is 0.266 e. The molecular weight excluding hydrogens is 390 g/mol. The van der Waals surface area contributed by atoms with Crippen LogP contribution in [0.15, 0.2) is 46.3 Å². The fourth-order valence-corrected chi connectivity index (χ4v) is 4.68. The van der Waals surface area contributed by atoms with Crippen molar-refractivity contribution in [3.8, 4) is 0 Å². The average Bonchev–Trinajstić information content (AvgIpc) is 3.21. The highest BCUT2D eigenvalue weighted by molar-refractivity contribution is 8.18. The number of carbonyl (C=O) groups excluding carboxylic acids is 1. The Kier molecular flexibility index (Phi) is 5.23. The van der Waals surface area contributed by atoms with E-state index < -0.39 is 0 Å². The minimum atomic E-state index is -0.0920. The number of thioether (sulfide) groups is 1. The zero-order valence-electron chi connectivity index (χ0n) is 15.8. The summed E-state index contributed by atoms with van der Waals surface area (Å²) in [6, 6.07) is 11.8. The molecule has 0 bridgehead atoms. The summed E-state index contributed by atoms with van der Waals surface area (Å²) in [6.07, 6.45) is 2.69. The van der Waals surface area contributed by atoms with Crippen molar-refractivity contribution >= 4 is 56.3 Å². The predicted octanol–water partition coefficient (Wildman–Crippen LogP) is 4.52. The molecule has 0 spiro atoms. The molecule has 1 amide bonds. The molecule has 0 N–H and O–H groups in total. The highest BCUT2D eigenvalue weighted by Crippen LogP contribution is 2.33. The van der Waals surface area contributed by atoms with Gasteiger partial charge in [-0.25, -0.2) is 4.98 Å². The number of rotatable bonds is 4. The van der Waals surface area contributed by atoms with Crippen LogP contribution in [0.5, 0.6) is 0 Å². The average molecular weight is 410 g/mol. The number of aliphatic imine (C=N–C) groups is 1. The molecular formula is C20H19N5OS2. The summed E-state index contributed by atoms with van der Waals surface area (Å²) in [6.45, 7) is 4.29. The predicted molar refractivity (Wildman–Crippen MR) is 116 cm³/mol. The van der Waals surface area contributed by atoms with Gasteiger partial charge in [-0.2, -0.15) is 4.99 Å². The van der Waals surface area contributed by atoms with Gasteiger partial charge in [-0.1, -0.05) is 49.4 Å². The molecule has 0 aliphatic carbocycles. The Morgan fingerprint density at radius 2 is 2.00 bits per heavy atom. The number of amides is 1. The normalized spacial score (nSPS) is 17.6. The van der Waals surface area contributed by atoms with Crippen molar-refractivity contribution in [1.29, 1.82) is 0 Å². The van der Waals surface area contributed by atoms with E-state index in [-0.39, 0.29) is 5.91 Å². The zero-order valence-corrected chi connectivity index (χ0v) is 17.4. The van der Waals surface area contributed by atoms with Crippen LogP contribution in [0.3, 0.4) is 0 Å². The number of aromatic nitrogens is 3. The molecule has 0 unspecified atom stereocenters. The first kappa shape index (κ1) is 18.8. The fourth-order valence-electron chi connectivity index (χ4n) is 2.75. The van der Waals surface area contributed by atoms with Gasteiger partial charge < -0.3 is 0 Å². The summed E-state index contributed by atoms with van der Waals surface area (Å²) in [4.78, 5) is 23.9. The Balaban J connectivity index is 1.59. The molecule has 1 fully saturated rings. The molecule has 1 aliphatic heterocycles. The summed E-state index contributed by atoms with van der Waals surface area (Å²) < 4.78 is 0. The first-order valence-corrected chi connectivity index (χ1v) is 10.6. The van der Waals surface area contributed by atoms with Crippen molar-refractivity contribution in [3.63, 3.8) is 0 Å². The van der Waals surface area contributed by atoms with E-state index in [9.17, 15) is 4.79 Å². The molecule has 6 nitrogen and oxygen atoms in total. The van der Waals surface area contributed by atoms with E-state index in [1.165, 1.54) is 23.1 Å². The van der Waals surface area contributed by atoms with Crippen LogP contribution in [0.2, 0.25) is 0 Å². The van der Waals surface area contributed by atoms with E-state index in [1.54, 1.807) is 11.9 Å². The zero-order chi connectivity index (χ0) is 19.7. The molecule has 3 heterocycles. The third-order valence-electron chi connectivity index (χ3n) is 4.13. The Labute approximate surface area is 171 Å². The van der Waals surface area contributed by atoms with Gasteiger partial charge in [-0.3, -0.25) is 9.69 Å². The van der Waals surface area contributed by atoms with Gasteiger partial charge in [0.1, 0.15) is 5.01 Å². The molecule has 0 radical (unpaired) electrons. The molecule has 8 heteroatoms. The Morgan fingerprint density at radius 1 is 1.18 bits per heavy atom. The third kappa shape index (κ3) is 3.98. The summed E-state index contributed by atoms with van der Waals surface area (Å²) in [7, 11) is 1.72. The second-order valence-electron chi connectivity index (χ2n) is 6.87. The number of carbonyl (C=O) groups is 1. The first-order valence-electron chi connectivity index (χ1n) is 8.94. The first-order chi connectivity index (χ1) is 13.5. The van der Waals surface area contributed by atoms with E-state index >= 15 is 0 Å². The van der Waals surface area contributed by atoms with Gasteiger partial charge in [0.2, 0.25) is 5.13 Å². The van der Waals surface area contributed by atoms with Gasteiger partial charge in [0.15, 0.2) is 5.17 Å². The number of nitrogens with zero attached hydrogens (tertiary/aromatic N) is 5. The van der Waals surface area contributed by atoms with Crippen molar-refractivity contribution in [3.05, 3.63) is 52.0 Å². The van der Waals surface area contributed by atoms with E-state index in [0.29, 0.717) is 21.1 Å². The highest BCUT2D eigenvalue weighted by atomic mass is 32.2. The number of para-hydroxylation sites is 1. The molecule has 2 aromatic heterocycles. The maximum atomic E-state index is 12.6. The standard InChI is InChI=1S/C20H19N5OS2/c1-12(2)10-17-23-24-19(28-17)22-20-25(3)18(26)16(27-20)11-14-9-8-13-6-4-5-7-15(13)21-14/h4-9,11-12H,10H2,1-3H3/b16-11-,22-20+. The summed E-state index contributed by atoms with van der Waals surface area (Å²) in [5.74, 6) is 0.424. The van der Waals surface area contributed by atoms with E-state index in [2.05, 4.69) is 34.0 Å². The summed E-state index contributed by atoms with van der Waals surface area (Å²) >= 11 is 2.80. The molecule has 0 atom stereocenters. The maximum absolute atomic E-state index is 12.6. The van der Waals surface area contributed by atoms with Crippen molar-refractivity contribution in [2.24, 2.45) is 10.9 Å². The number of amidine groups is 1. The van der Waals surface area contributed by atoms with E-state index in [0.717, 1.165) is 28.0 Å². The van der Waals surface area contributed by atoms with Gasteiger partial charge in [-0.15, -0.1) is 10.2 Å².